The maximum Gasteiger partial charge on any atom is 0.280 e. The van der Waals surface area contributed by atoms with Gasteiger partial charge in [-0.05, 0) is 24.3 Å². The molecule has 0 saturated heterocycles. The molecule has 19 heavy (non-hydrogen) atoms. The lowest BCUT2D eigenvalue weighted by atomic mass is 10.2. The molecule has 2 aromatic heterocycles. The Kier molecular flexibility index (Phi) is 2.56. The number of nitrogens with one attached hydrogen (secondary N) is 2. The molecular weight excluding hydrogens is 264 g/mol. The summed E-state index contributed by atoms with van der Waals surface area (Å²) < 4.78 is 28.3. The Labute approximate surface area is 110 Å². The lowest BCUT2D eigenvalue weighted by Gasteiger charge is -2.05. The Balaban J connectivity index is 1.95. The van der Waals surface area contributed by atoms with Crippen LogP contribution in [0.4, 0.5) is 5.69 Å². The molecule has 0 radical (unpaired) electrons. The molecule has 6 nitrogen and oxygen atoms in total. The van der Waals surface area contributed by atoms with E-state index in [2.05, 4.69) is 14.7 Å². The number of hydrogen-bond acceptors (Lipinski definition) is 3. The van der Waals surface area contributed by atoms with E-state index in [0.29, 0.717) is 5.69 Å². The van der Waals surface area contributed by atoms with Gasteiger partial charge in [-0.1, -0.05) is 0 Å². The standard InChI is InChI=1S/C12H12N4O2S/c1-16-7-12(14-8-16)19(17,18)15-10-2-3-11-9(6-10)4-5-13-11/h2-8,13,15H,1H3. The second-order valence-electron chi connectivity index (χ2n) is 4.26. The van der Waals surface area contributed by atoms with E-state index in [0.717, 1.165) is 10.9 Å². The molecule has 2 N–H and O–H groups in total. The molecule has 0 bridgehead atoms. The molecule has 7 heteroatoms. The normalized spacial score (nSPS) is 11.8. The Hall–Kier alpha value is -2.28. The molecule has 98 valence electrons. The first-order valence-corrected chi connectivity index (χ1v) is 7.11. The number of nitrogens with zero attached hydrogens (tertiary/aromatic N) is 2. The van der Waals surface area contributed by atoms with E-state index in [1.165, 1.54) is 12.5 Å². The number of sulfonamides is 1. The first kappa shape index (κ1) is 11.8. The summed E-state index contributed by atoms with van der Waals surface area (Å²) in [4.78, 5) is 6.89. The van der Waals surface area contributed by atoms with Crippen molar-refractivity contribution in [1.82, 2.24) is 14.5 Å². The molecule has 0 atom stereocenters. The number of imidazole rings is 1. The van der Waals surface area contributed by atoms with Crippen molar-refractivity contribution >= 4 is 26.6 Å². The largest absolute Gasteiger partial charge is 0.361 e. The molecule has 0 amide bonds. The number of benzene rings is 1. The highest BCUT2D eigenvalue weighted by atomic mass is 32.2. The van der Waals surface area contributed by atoms with Crippen LogP contribution in [0.5, 0.6) is 0 Å². The second kappa shape index (κ2) is 4.13. The van der Waals surface area contributed by atoms with E-state index < -0.39 is 10.0 Å². The first-order chi connectivity index (χ1) is 9.04. The molecule has 0 spiro atoms. The smallest absolute Gasteiger partial charge is 0.280 e. The highest BCUT2D eigenvalue weighted by Gasteiger charge is 2.17. The van der Waals surface area contributed by atoms with Crippen LogP contribution in [0.3, 0.4) is 0 Å². The van der Waals surface area contributed by atoms with Crippen molar-refractivity contribution in [2.75, 3.05) is 4.72 Å². The number of aromatic amines is 1. The van der Waals surface area contributed by atoms with Gasteiger partial charge in [0, 0.05) is 36.0 Å². The van der Waals surface area contributed by atoms with Gasteiger partial charge in [-0.15, -0.1) is 0 Å². The quantitative estimate of drug-likeness (QED) is 0.764. The highest BCUT2D eigenvalue weighted by molar-refractivity contribution is 7.92. The van der Waals surface area contributed by atoms with Gasteiger partial charge in [0.1, 0.15) is 0 Å². The molecule has 0 unspecified atom stereocenters. The summed E-state index contributed by atoms with van der Waals surface area (Å²) >= 11 is 0. The number of aromatic nitrogens is 3. The van der Waals surface area contributed by atoms with Gasteiger partial charge in [0.25, 0.3) is 10.0 Å². The van der Waals surface area contributed by atoms with E-state index in [1.807, 2.05) is 18.3 Å². The molecule has 0 aliphatic heterocycles. The van der Waals surface area contributed by atoms with Crippen LogP contribution in [0, 0.1) is 0 Å². The fourth-order valence-electron chi connectivity index (χ4n) is 1.85. The number of rotatable bonds is 3. The second-order valence-corrected chi connectivity index (χ2v) is 5.89. The minimum Gasteiger partial charge on any atom is -0.361 e. The highest BCUT2D eigenvalue weighted by Crippen LogP contribution is 2.20. The van der Waals surface area contributed by atoms with E-state index in [1.54, 1.807) is 23.7 Å². The van der Waals surface area contributed by atoms with Crippen molar-refractivity contribution in [3.8, 4) is 0 Å². The molecule has 0 fully saturated rings. The van der Waals surface area contributed by atoms with Crippen molar-refractivity contribution < 1.29 is 8.42 Å². The molecule has 1 aromatic carbocycles. The molecule has 0 saturated carbocycles. The summed E-state index contributed by atoms with van der Waals surface area (Å²) in [7, 11) is -1.92. The number of H-pyrrole nitrogens is 1. The molecule has 3 rings (SSSR count). The van der Waals surface area contributed by atoms with Crippen LogP contribution in [0.15, 0.2) is 48.0 Å². The lowest BCUT2D eigenvalue weighted by Crippen LogP contribution is -2.13. The summed E-state index contributed by atoms with van der Waals surface area (Å²) in [6.07, 6.45) is 4.71. The van der Waals surface area contributed by atoms with Crippen molar-refractivity contribution in [2.24, 2.45) is 7.05 Å². The minimum atomic E-state index is -3.64. The van der Waals surface area contributed by atoms with Gasteiger partial charge < -0.3 is 9.55 Å². The van der Waals surface area contributed by atoms with Crippen LogP contribution < -0.4 is 4.72 Å². The van der Waals surface area contributed by atoms with Crippen LogP contribution in [-0.4, -0.2) is 23.0 Å². The molecular formula is C12H12N4O2S. The van der Waals surface area contributed by atoms with Gasteiger partial charge in [-0.3, -0.25) is 4.72 Å². The molecule has 0 aliphatic rings. The molecule has 0 aliphatic carbocycles. The van der Waals surface area contributed by atoms with Gasteiger partial charge in [-0.25, -0.2) is 4.98 Å². The maximum atomic E-state index is 12.1. The first-order valence-electron chi connectivity index (χ1n) is 5.62. The third-order valence-corrected chi connectivity index (χ3v) is 4.03. The van der Waals surface area contributed by atoms with Crippen molar-refractivity contribution in [2.45, 2.75) is 5.03 Å². The minimum absolute atomic E-state index is 0.00386. The third kappa shape index (κ3) is 2.19. The SMILES string of the molecule is Cn1cnc(S(=O)(=O)Nc2ccc3[nH]ccc3c2)c1. The van der Waals surface area contributed by atoms with E-state index >= 15 is 0 Å². The Morgan fingerprint density at radius 1 is 1.32 bits per heavy atom. The molecule has 3 aromatic rings. The van der Waals surface area contributed by atoms with Crippen molar-refractivity contribution in [1.29, 1.82) is 0 Å². The van der Waals surface area contributed by atoms with Crippen molar-refractivity contribution in [3.63, 3.8) is 0 Å². The van der Waals surface area contributed by atoms with E-state index in [9.17, 15) is 8.42 Å². The summed E-state index contributed by atoms with van der Waals surface area (Å²) in [6, 6.07) is 7.19. The van der Waals surface area contributed by atoms with Crippen molar-refractivity contribution in [3.05, 3.63) is 43.0 Å². The topological polar surface area (TPSA) is 79.8 Å². The zero-order chi connectivity index (χ0) is 13.5. The fourth-order valence-corrected chi connectivity index (χ4v) is 2.88. The monoisotopic (exact) mass is 276 g/mol. The average molecular weight is 276 g/mol. The summed E-state index contributed by atoms with van der Waals surface area (Å²) in [5, 5.41) is 0.949. The van der Waals surface area contributed by atoms with Gasteiger partial charge in [0.05, 0.1) is 6.33 Å². The average Bonchev–Trinajstić information content (AvgIpc) is 2.96. The van der Waals surface area contributed by atoms with Gasteiger partial charge in [0.2, 0.25) is 0 Å². The number of hydrogen-bond donors (Lipinski definition) is 2. The zero-order valence-electron chi connectivity index (χ0n) is 10.2. The van der Waals surface area contributed by atoms with Crippen LogP contribution in [0.2, 0.25) is 0 Å². The zero-order valence-corrected chi connectivity index (χ0v) is 11.0. The predicted molar refractivity (Wildman–Crippen MR) is 72.3 cm³/mol. The third-order valence-electron chi connectivity index (χ3n) is 2.76. The Morgan fingerprint density at radius 3 is 2.89 bits per heavy atom. The summed E-state index contributed by atoms with van der Waals surface area (Å²) in [5.74, 6) is 0. The maximum absolute atomic E-state index is 12.1. The summed E-state index contributed by atoms with van der Waals surface area (Å²) in [6.45, 7) is 0. The summed E-state index contributed by atoms with van der Waals surface area (Å²) in [5.41, 5.74) is 1.47. The van der Waals surface area contributed by atoms with Crippen LogP contribution in [0.1, 0.15) is 0 Å². The van der Waals surface area contributed by atoms with Gasteiger partial charge in [-0.2, -0.15) is 8.42 Å². The van der Waals surface area contributed by atoms with Crippen LogP contribution in [-0.2, 0) is 17.1 Å². The Morgan fingerprint density at radius 2 is 2.16 bits per heavy atom. The number of anilines is 1. The fraction of sp³-hybridized carbons (Fsp3) is 0.0833. The van der Waals surface area contributed by atoms with Crippen LogP contribution >= 0.6 is 0 Å². The predicted octanol–water partition coefficient (Wildman–Crippen LogP) is 1.70. The Bertz CT molecular complexity index is 832. The number of aryl methyl sites for hydroxylation is 1. The van der Waals surface area contributed by atoms with Crippen LogP contribution in [0.25, 0.3) is 10.9 Å². The van der Waals surface area contributed by atoms with Gasteiger partial charge in [0.15, 0.2) is 5.03 Å². The van der Waals surface area contributed by atoms with E-state index in [-0.39, 0.29) is 5.03 Å². The number of fused-ring (bicyclic) bond motifs is 1. The van der Waals surface area contributed by atoms with Gasteiger partial charge >= 0.3 is 0 Å². The molecule has 2 heterocycles. The lowest BCUT2D eigenvalue weighted by molar-refractivity contribution is 0.598. The van der Waals surface area contributed by atoms with E-state index in [4.69, 9.17) is 0 Å².